The fourth-order valence-electron chi connectivity index (χ4n) is 2.90. The summed E-state index contributed by atoms with van der Waals surface area (Å²) in [5.74, 6) is 0.809. The number of aryl methyl sites for hydroxylation is 1. The van der Waals surface area contributed by atoms with Crippen molar-refractivity contribution in [1.82, 2.24) is 4.90 Å². The highest BCUT2D eigenvalue weighted by Gasteiger charge is 2.24. The van der Waals surface area contributed by atoms with Crippen LogP contribution in [-0.4, -0.2) is 40.8 Å². The molecule has 1 atom stereocenters. The summed E-state index contributed by atoms with van der Waals surface area (Å²) in [7, 11) is 0. The number of rotatable bonds is 6. The van der Waals surface area contributed by atoms with Crippen LogP contribution in [0.1, 0.15) is 38.2 Å². The average Bonchev–Trinajstić information content (AvgIpc) is 2.56. The van der Waals surface area contributed by atoms with Gasteiger partial charge in [0.15, 0.2) is 0 Å². The van der Waals surface area contributed by atoms with Crippen molar-refractivity contribution in [3.8, 4) is 0 Å². The predicted molar refractivity (Wildman–Crippen MR) is 96.8 cm³/mol. The summed E-state index contributed by atoms with van der Waals surface area (Å²) < 4.78 is 0. The second-order valence-electron chi connectivity index (χ2n) is 6.05. The van der Waals surface area contributed by atoms with Crippen LogP contribution in [0.2, 0.25) is 0 Å². The first kappa shape index (κ1) is 17.9. The molecule has 5 heteroatoms. The predicted octanol–water partition coefficient (Wildman–Crippen LogP) is 3.46. The minimum absolute atomic E-state index is 0.0580. The Kier molecular flexibility index (Phi) is 6.96. The highest BCUT2D eigenvalue weighted by atomic mass is 32.2. The van der Waals surface area contributed by atoms with Crippen LogP contribution in [0.15, 0.2) is 24.3 Å². The molecule has 4 nitrogen and oxygen atoms in total. The van der Waals surface area contributed by atoms with E-state index < -0.39 is 0 Å². The second kappa shape index (κ2) is 8.96. The summed E-state index contributed by atoms with van der Waals surface area (Å²) in [5, 5.41) is 2.86. The summed E-state index contributed by atoms with van der Waals surface area (Å²) in [4.78, 5) is 26.2. The van der Waals surface area contributed by atoms with Crippen molar-refractivity contribution in [2.45, 2.75) is 45.6 Å². The number of carbonyl (C=O) groups is 2. The molecule has 1 aromatic carbocycles. The quantitative estimate of drug-likeness (QED) is 0.867. The molecule has 0 aliphatic carbocycles. The van der Waals surface area contributed by atoms with Crippen LogP contribution in [-0.2, 0) is 9.59 Å². The summed E-state index contributed by atoms with van der Waals surface area (Å²) in [6, 6.07) is 8.10. The average molecular weight is 334 g/mol. The van der Waals surface area contributed by atoms with Crippen molar-refractivity contribution in [2.75, 3.05) is 23.4 Å². The zero-order valence-electron chi connectivity index (χ0n) is 14.0. The van der Waals surface area contributed by atoms with E-state index in [9.17, 15) is 9.59 Å². The molecule has 0 aromatic heterocycles. The molecule has 1 aliphatic rings. The second-order valence-corrected chi connectivity index (χ2v) is 7.04. The molecule has 1 fully saturated rings. The van der Waals surface area contributed by atoms with E-state index in [1.807, 2.05) is 36.1 Å². The summed E-state index contributed by atoms with van der Waals surface area (Å²) in [5.41, 5.74) is 1.96. The zero-order valence-corrected chi connectivity index (χ0v) is 14.8. The van der Waals surface area contributed by atoms with Gasteiger partial charge in [-0.1, -0.05) is 24.6 Å². The van der Waals surface area contributed by atoms with Gasteiger partial charge >= 0.3 is 0 Å². The molecule has 0 radical (unpaired) electrons. The van der Waals surface area contributed by atoms with Gasteiger partial charge in [-0.15, -0.1) is 11.8 Å². The molecular formula is C18H26N2O2S. The molecule has 1 saturated heterocycles. The minimum Gasteiger partial charge on any atom is -0.339 e. The third kappa shape index (κ3) is 5.57. The molecule has 1 heterocycles. The summed E-state index contributed by atoms with van der Waals surface area (Å²) in [6.45, 7) is 5.02. The zero-order chi connectivity index (χ0) is 16.7. The number of anilines is 1. The number of thioether (sulfide) groups is 1. The van der Waals surface area contributed by atoms with E-state index in [-0.39, 0.29) is 11.8 Å². The molecule has 2 rings (SSSR count). The molecule has 0 bridgehead atoms. The van der Waals surface area contributed by atoms with Gasteiger partial charge in [-0.3, -0.25) is 9.59 Å². The first-order chi connectivity index (χ1) is 11.1. The lowest BCUT2D eigenvalue weighted by Gasteiger charge is -2.35. The van der Waals surface area contributed by atoms with Crippen molar-refractivity contribution < 1.29 is 9.59 Å². The van der Waals surface area contributed by atoms with Gasteiger partial charge in [0.05, 0.1) is 11.5 Å². The number of amides is 2. The van der Waals surface area contributed by atoms with Gasteiger partial charge in [0.2, 0.25) is 11.8 Å². The lowest BCUT2D eigenvalue weighted by Crippen LogP contribution is -2.44. The highest BCUT2D eigenvalue weighted by Crippen LogP contribution is 2.20. The molecule has 0 spiro atoms. The van der Waals surface area contributed by atoms with Crippen molar-refractivity contribution in [3.05, 3.63) is 29.8 Å². The largest absolute Gasteiger partial charge is 0.339 e. The molecule has 2 amide bonds. The van der Waals surface area contributed by atoms with Crippen LogP contribution in [0.25, 0.3) is 0 Å². The van der Waals surface area contributed by atoms with Crippen LogP contribution >= 0.6 is 11.8 Å². The maximum Gasteiger partial charge on any atom is 0.234 e. The fourth-order valence-corrected chi connectivity index (χ4v) is 3.60. The molecule has 1 aliphatic heterocycles. The third-order valence-corrected chi connectivity index (χ3v) is 5.13. The Hall–Kier alpha value is -1.49. The molecule has 0 saturated carbocycles. The first-order valence-corrected chi connectivity index (χ1v) is 9.49. The van der Waals surface area contributed by atoms with E-state index in [0.29, 0.717) is 17.5 Å². The Labute approximate surface area is 143 Å². The number of hydrogen-bond donors (Lipinski definition) is 1. The Bertz CT molecular complexity index is 530. The van der Waals surface area contributed by atoms with Gasteiger partial charge in [0, 0.05) is 18.3 Å². The van der Waals surface area contributed by atoms with E-state index in [2.05, 4.69) is 12.2 Å². The van der Waals surface area contributed by atoms with Crippen LogP contribution in [0, 0.1) is 6.92 Å². The summed E-state index contributed by atoms with van der Waals surface area (Å²) in [6.07, 6.45) is 4.44. The highest BCUT2D eigenvalue weighted by molar-refractivity contribution is 8.00. The van der Waals surface area contributed by atoms with Crippen molar-refractivity contribution in [1.29, 1.82) is 0 Å². The van der Waals surface area contributed by atoms with E-state index in [1.165, 1.54) is 18.2 Å². The van der Waals surface area contributed by atoms with Crippen molar-refractivity contribution >= 4 is 29.3 Å². The standard InChI is InChI=1S/C18H26N2O2S/c1-3-16-6-4-5-11-20(16)18(22)13-23-12-17(21)19-15-9-7-14(2)8-10-15/h7-10,16H,3-6,11-13H2,1-2H3,(H,19,21). The van der Waals surface area contributed by atoms with E-state index in [1.54, 1.807) is 0 Å². The number of nitrogens with zero attached hydrogens (tertiary/aromatic N) is 1. The van der Waals surface area contributed by atoms with Gasteiger partial charge in [-0.25, -0.2) is 0 Å². The lowest BCUT2D eigenvalue weighted by atomic mass is 10.0. The topological polar surface area (TPSA) is 49.4 Å². The van der Waals surface area contributed by atoms with E-state index >= 15 is 0 Å². The molecule has 1 aromatic rings. The van der Waals surface area contributed by atoms with Crippen LogP contribution in [0.4, 0.5) is 5.69 Å². The van der Waals surface area contributed by atoms with E-state index in [0.717, 1.165) is 37.1 Å². The first-order valence-electron chi connectivity index (χ1n) is 8.34. The number of carbonyl (C=O) groups excluding carboxylic acids is 2. The number of benzene rings is 1. The van der Waals surface area contributed by atoms with Crippen LogP contribution in [0.5, 0.6) is 0 Å². The molecule has 1 N–H and O–H groups in total. The number of nitrogens with one attached hydrogen (secondary N) is 1. The SMILES string of the molecule is CCC1CCCCN1C(=O)CSCC(=O)Nc1ccc(C)cc1. The van der Waals surface area contributed by atoms with Crippen molar-refractivity contribution in [2.24, 2.45) is 0 Å². The third-order valence-electron chi connectivity index (χ3n) is 4.21. The smallest absolute Gasteiger partial charge is 0.234 e. The molecule has 23 heavy (non-hydrogen) atoms. The molecule has 126 valence electrons. The Morgan fingerprint density at radius 3 is 2.65 bits per heavy atom. The lowest BCUT2D eigenvalue weighted by molar-refractivity contribution is -0.132. The minimum atomic E-state index is -0.0580. The van der Waals surface area contributed by atoms with Crippen LogP contribution in [0.3, 0.4) is 0 Å². The number of hydrogen-bond acceptors (Lipinski definition) is 3. The Morgan fingerprint density at radius 1 is 1.22 bits per heavy atom. The number of piperidine rings is 1. The normalized spacial score (nSPS) is 17.8. The van der Waals surface area contributed by atoms with Gasteiger partial charge in [-0.2, -0.15) is 0 Å². The van der Waals surface area contributed by atoms with Gasteiger partial charge in [-0.05, 0) is 44.7 Å². The summed E-state index contributed by atoms with van der Waals surface area (Å²) >= 11 is 1.39. The fraction of sp³-hybridized carbons (Fsp3) is 0.556. The Balaban J connectivity index is 1.72. The van der Waals surface area contributed by atoms with Crippen LogP contribution < -0.4 is 5.32 Å². The molecular weight excluding hydrogens is 308 g/mol. The Morgan fingerprint density at radius 2 is 1.96 bits per heavy atom. The number of likely N-dealkylation sites (tertiary alicyclic amines) is 1. The van der Waals surface area contributed by atoms with E-state index in [4.69, 9.17) is 0 Å². The monoisotopic (exact) mass is 334 g/mol. The van der Waals surface area contributed by atoms with Gasteiger partial charge < -0.3 is 10.2 Å². The van der Waals surface area contributed by atoms with Gasteiger partial charge in [0.1, 0.15) is 0 Å². The maximum atomic E-state index is 12.3. The van der Waals surface area contributed by atoms with Crippen molar-refractivity contribution in [3.63, 3.8) is 0 Å². The molecule has 1 unspecified atom stereocenters. The maximum absolute atomic E-state index is 12.3. The van der Waals surface area contributed by atoms with Gasteiger partial charge in [0.25, 0.3) is 0 Å².